The SMILES string of the molecule is CCOC(=O)Cn1nnc(-c2cccc(N=CC3=C(O)C4(Oc5c(Cl)c(OC)cc(OC)c5C4=O)C(C)CC3=O)c2)n1. The quantitative estimate of drug-likeness (QED) is 0.298. The molecule has 3 aromatic rings. The fourth-order valence-electron chi connectivity index (χ4n) is 4.92. The van der Waals surface area contributed by atoms with Gasteiger partial charge in [-0.1, -0.05) is 30.7 Å². The van der Waals surface area contributed by atoms with Crippen LogP contribution in [-0.4, -0.2) is 75.5 Å². The lowest BCUT2D eigenvalue weighted by atomic mass is 9.73. The maximum Gasteiger partial charge on any atom is 0.329 e. The number of aliphatic hydroxyl groups is 1. The molecule has 0 saturated carbocycles. The molecule has 218 valence electrons. The minimum Gasteiger partial charge on any atom is -0.507 e. The largest absolute Gasteiger partial charge is 0.507 e. The molecule has 13 nitrogen and oxygen atoms in total. The van der Waals surface area contributed by atoms with Crippen LogP contribution in [0, 0.1) is 5.92 Å². The number of carbonyl (C=O) groups is 3. The molecule has 1 N–H and O–H groups in total. The number of aromatic nitrogens is 4. The van der Waals surface area contributed by atoms with Crippen LogP contribution < -0.4 is 14.2 Å². The summed E-state index contributed by atoms with van der Waals surface area (Å²) < 4.78 is 21.7. The summed E-state index contributed by atoms with van der Waals surface area (Å²) >= 11 is 6.47. The number of ether oxygens (including phenoxy) is 4. The summed E-state index contributed by atoms with van der Waals surface area (Å²) in [6, 6.07) is 8.17. The first kappa shape index (κ1) is 28.7. The van der Waals surface area contributed by atoms with Crippen molar-refractivity contribution < 1.29 is 38.4 Å². The van der Waals surface area contributed by atoms with Gasteiger partial charge in [0.25, 0.3) is 0 Å². The van der Waals surface area contributed by atoms with Crippen LogP contribution in [0.5, 0.6) is 17.2 Å². The van der Waals surface area contributed by atoms with Crippen LogP contribution >= 0.6 is 11.6 Å². The maximum absolute atomic E-state index is 13.9. The zero-order valence-electron chi connectivity index (χ0n) is 23.1. The van der Waals surface area contributed by atoms with Gasteiger partial charge in [0.15, 0.2) is 23.8 Å². The minimum atomic E-state index is -1.91. The number of esters is 1. The summed E-state index contributed by atoms with van der Waals surface area (Å²) in [5.74, 6) is -2.21. The Morgan fingerprint density at radius 1 is 1.26 bits per heavy atom. The Kier molecular flexibility index (Phi) is 7.69. The molecule has 0 radical (unpaired) electrons. The van der Waals surface area contributed by atoms with Gasteiger partial charge in [-0.25, -0.2) is 4.79 Å². The molecule has 1 aliphatic carbocycles. The van der Waals surface area contributed by atoms with Crippen molar-refractivity contribution >= 4 is 41.0 Å². The number of Topliss-reactive ketones (excluding diaryl/α,β-unsaturated/α-hetero) is 2. The van der Waals surface area contributed by atoms with Gasteiger partial charge < -0.3 is 24.1 Å². The molecular formula is C28H26ClN5O8. The molecule has 2 aliphatic rings. The van der Waals surface area contributed by atoms with Crippen LogP contribution in [-0.2, 0) is 20.9 Å². The molecule has 0 fully saturated rings. The number of nitrogens with zero attached hydrogens (tertiary/aromatic N) is 5. The molecule has 2 atom stereocenters. The van der Waals surface area contributed by atoms with Gasteiger partial charge in [0.05, 0.1) is 32.1 Å². The average molecular weight is 596 g/mol. The van der Waals surface area contributed by atoms with Gasteiger partial charge in [-0.2, -0.15) is 4.80 Å². The molecule has 2 unspecified atom stereocenters. The first-order valence-corrected chi connectivity index (χ1v) is 13.2. The Hall–Kier alpha value is -4.78. The zero-order chi connectivity index (χ0) is 30.2. The first-order valence-electron chi connectivity index (χ1n) is 12.9. The zero-order valence-corrected chi connectivity index (χ0v) is 23.8. The van der Waals surface area contributed by atoms with E-state index < -0.39 is 34.8 Å². The normalized spacial score (nSPS) is 19.8. The number of hydrogen-bond donors (Lipinski definition) is 1. The van der Waals surface area contributed by atoms with Gasteiger partial charge >= 0.3 is 5.97 Å². The molecule has 5 rings (SSSR count). The highest BCUT2D eigenvalue weighted by atomic mass is 35.5. The second-order valence-electron chi connectivity index (χ2n) is 9.51. The molecule has 0 saturated heterocycles. The van der Waals surface area contributed by atoms with E-state index in [9.17, 15) is 19.5 Å². The Labute approximate surface area is 244 Å². The van der Waals surface area contributed by atoms with Crippen LogP contribution in [0.4, 0.5) is 5.69 Å². The average Bonchev–Trinajstić information content (AvgIpc) is 3.56. The molecule has 1 aliphatic heterocycles. The highest BCUT2D eigenvalue weighted by Gasteiger charge is 2.60. The van der Waals surface area contributed by atoms with Crippen molar-refractivity contribution in [2.45, 2.75) is 32.4 Å². The van der Waals surface area contributed by atoms with Crippen molar-refractivity contribution in [1.29, 1.82) is 0 Å². The van der Waals surface area contributed by atoms with E-state index in [0.29, 0.717) is 11.3 Å². The van der Waals surface area contributed by atoms with Gasteiger partial charge in [-0.05, 0) is 24.3 Å². The summed E-state index contributed by atoms with van der Waals surface area (Å²) in [5.41, 5.74) is -1.11. The summed E-state index contributed by atoms with van der Waals surface area (Å²) in [7, 11) is 2.79. The van der Waals surface area contributed by atoms with E-state index in [1.807, 2.05) is 0 Å². The first-order chi connectivity index (χ1) is 20.1. The van der Waals surface area contributed by atoms with Crippen molar-refractivity contribution in [2.75, 3.05) is 20.8 Å². The summed E-state index contributed by atoms with van der Waals surface area (Å²) in [4.78, 5) is 44.1. The molecule has 14 heteroatoms. The predicted octanol–water partition coefficient (Wildman–Crippen LogP) is 3.71. The second-order valence-corrected chi connectivity index (χ2v) is 9.89. The topological polar surface area (TPSA) is 164 Å². The van der Waals surface area contributed by atoms with Crippen molar-refractivity contribution in [3.63, 3.8) is 0 Å². The van der Waals surface area contributed by atoms with Crippen LogP contribution in [0.25, 0.3) is 11.4 Å². The molecular weight excluding hydrogens is 570 g/mol. The number of carbonyl (C=O) groups excluding carboxylic acids is 3. The van der Waals surface area contributed by atoms with Crippen LogP contribution in [0.15, 0.2) is 46.7 Å². The summed E-state index contributed by atoms with van der Waals surface area (Å²) in [5, 5.41) is 23.5. The van der Waals surface area contributed by atoms with Crippen LogP contribution in [0.3, 0.4) is 0 Å². The number of hydrogen-bond acceptors (Lipinski definition) is 12. The molecule has 1 aromatic heterocycles. The summed E-state index contributed by atoms with van der Waals surface area (Å²) in [6.45, 7) is 3.37. The van der Waals surface area contributed by atoms with Crippen molar-refractivity contribution in [3.05, 3.63) is 52.3 Å². The lowest BCUT2D eigenvalue weighted by Crippen LogP contribution is -2.52. The van der Waals surface area contributed by atoms with E-state index in [2.05, 4.69) is 20.4 Å². The maximum atomic E-state index is 13.9. The molecule has 2 aromatic carbocycles. The number of halogens is 1. The van der Waals surface area contributed by atoms with Crippen molar-refractivity contribution in [1.82, 2.24) is 20.2 Å². The highest BCUT2D eigenvalue weighted by Crippen LogP contribution is 2.54. The molecule has 42 heavy (non-hydrogen) atoms. The van der Waals surface area contributed by atoms with Gasteiger partial charge in [0.2, 0.25) is 17.2 Å². The Bertz CT molecular complexity index is 1670. The minimum absolute atomic E-state index is 0.00175. The number of methoxy groups -OCH3 is 2. The number of fused-ring (bicyclic) bond motifs is 1. The van der Waals surface area contributed by atoms with Crippen molar-refractivity contribution in [3.8, 4) is 28.6 Å². The van der Waals surface area contributed by atoms with Crippen LogP contribution in [0.1, 0.15) is 30.6 Å². The lowest BCUT2D eigenvalue weighted by Gasteiger charge is -2.36. The smallest absolute Gasteiger partial charge is 0.329 e. The van der Waals surface area contributed by atoms with E-state index in [-0.39, 0.29) is 58.8 Å². The van der Waals surface area contributed by atoms with E-state index >= 15 is 0 Å². The van der Waals surface area contributed by atoms with E-state index in [4.69, 9.17) is 30.5 Å². The highest BCUT2D eigenvalue weighted by molar-refractivity contribution is 6.35. The van der Waals surface area contributed by atoms with E-state index in [1.165, 1.54) is 26.5 Å². The molecule has 2 heterocycles. The molecule has 0 amide bonds. The number of aliphatic hydroxyl groups excluding tert-OH is 1. The van der Waals surface area contributed by atoms with E-state index in [1.54, 1.807) is 38.1 Å². The van der Waals surface area contributed by atoms with Gasteiger partial charge in [0, 0.05) is 30.2 Å². The van der Waals surface area contributed by atoms with Gasteiger partial charge in [0.1, 0.15) is 22.1 Å². The predicted molar refractivity (Wildman–Crippen MR) is 149 cm³/mol. The number of rotatable bonds is 8. The second kappa shape index (κ2) is 11.2. The monoisotopic (exact) mass is 595 g/mol. The number of benzene rings is 2. The molecule has 1 spiro atoms. The Balaban J connectivity index is 1.48. The van der Waals surface area contributed by atoms with Gasteiger partial charge in [-0.3, -0.25) is 14.6 Å². The molecule has 0 bridgehead atoms. The van der Waals surface area contributed by atoms with E-state index in [0.717, 1.165) is 4.80 Å². The number of aliphatic imine (C=N–C) groups is 1. The summed E-state index contributed by atoms with van der Waals surface area (Å²) in [6.07, 6.45) is 1.09. The third-order valence-corrected chi connectivity index (χ3v) is 7.35. The van der Waals surface area contributed by atoms with Gasteiger partial charge in [-0.15, -0.1) is 10.2 Å². The lowest BCUT2D eigenvalue weighted by molar-refractivity contribution is -0.144. The standard InChI is InChI=1S/C28H26ClN5O8/c1-5-41-21(36)13-34-32-27(31-33-34)15-7-6-8-16(10-15)30-12-17-18(35)9-14(2)28(25(17)37)26(38)22-19(39-3)11-20(40-4)23(29)24(22)42-28/h6-8,10-12,14,37H,5,9,13H2,1-4H3. The number of tetrazole rings is 1. The third-order valence-electron chi connectivity index (χ3n) is 6.99. The fraction of sp³-hybridized carbons (Fsp3) is 0.321. The van der Waals surface area contributed by atoms with Crippen molar-refractivity contribution in [2.24, 2.45) is 10.9 Å². The Morgan fingerprint density at radius 3 is 2.74 bits per heavy atom. The number of allylic oxidation sites excluding steroid dienone is 1. The third kappa shape index (κ3) is 4.75. The fourth-order valence-corrected chi connectivity index (χ4v) is 5.19. The van der Waals surface area contributed by atoms with Crippen LogP contribution in [0.2, 0.25) is 5.02 Å². The number of ketones is 2. The Morgan fingerprint density at radius 2 is 2.02 bits per heavy atom.